The summed E-state index contributed by atoms with van der Waals surface area (Å²) in [5.41, 5.74) is 6.86. The fraction of sp³-hybridized carbons (Fsp3) is 0.0833. The van der Waals surface area contributed by atoms with Gasteiger partial charge in [-0.3, -0.25) is 10.1 Å². The molecule has 0 amide bonds. The van der Waals surface area contributed by atoms with Crippen LogP contribution >= 0.6 is 0 Å². The van der Waals surface area contributed by atoms with Crippen LogP contribution in [0.5, 0.6) is 5.75 Å². The van der Waals surface area contributed by atoms with Crippen LogP contribution in [0.25, 0.3) is 0 Å². The van der Waals surface area contributed by atoms with Crippen molar-refractivity contribution in [3.05, 3.63) is 93.5 Å². The molecule has 0 bridgehead atoms. The van der Waals surface area contributed by atoms with Gasteiger partial charge in [-0.05, 0) is 61.4 Å². The Labute approximate surface area is 200 Å². The van der Waals surface area contributed by atoms with E-state index in [9.17, 15) is 15.2 Å². The monoisotopic (exact) mass is 470 g/mol. The van der Waals surface area contributed by atoms with Crippen molar-refractivity contribution in [1.82, 2.24) is 15.0 Å². The van der Waals surface area contributed by atoms with Crippen molar-refractivity contribution in [2.24, 2.45) is 5.10 Å². The lowest BCUT2D eigenvalue weighted by atomic mass is 10.1. The molecule has 4 rings (SSSR count). The quantitative estimate of drug-likeness (QED) is 0.158. The van der Waals surface area contributed by atoms with Crippen molar-refractivity contribution in [2.75, 3.05) is 16.1 Å². The second-order valence-electron chi connectivity index (χ2n) is 7.59. The highest BCUT2D eigenvalue weighted by Crippen LogP contribution is 2.22. The topological polar surface area (TPSA) is 150 Å². The molecule has 0 radical (unpaired) electrons. The minimum Gasteiger partial charge on any atom is -0.507 e. The molecule has 1 aromatic heterocycles. The highest BCUT2D eigenvalue weighted by molar-refractivity contribution is 5.83. The third kappa shape index (κ3) is 6.05. The van der Waals surface area contributed by atoms with E-state index in [4.69, 9.17) is 0 Å². The summed E-state index contributed by atoms with van der Waals surface area (Å²) in [5.74, 6) is 0.683. The lowest BCUT2D eigenvalue weighted by molar-refractivity contribution is -0.384. The number of nitro benzene ring substituents is 1. The molecule has 4 aromatic rings. The molecule has 0 unspecified atom stereocenters. The van der Waals surface area contributed by atoms with Crippen molar-refractivity contribution >= 4 is 41.1 Å². The number of aryl methyl sites for hydroxylation is 2. The number of anilines is 5. The number of aromatic nitrogens is 3. The Kier molecular flexibility index (Phi) is 6.77. The van der Waals surface area contributed by atoms with Crippen LogP contribution in [0.15, 0.2) is 71.8 Å². The molecule has 4 N–H and O–H groups in total. The Morgan fingerprint density at radius 2 is 1.49 bits per heavy atom. The van der Waals surface area contributed by atoms with Crippen LogP contribution in [0, 0.1) is 24.0 Å². The van der Waals surface area contributed by atoms with Gasteiger partial charge in [-0.15, -0.1) is 0 Å². The Bertz CT molecular complexity index is 1390. The van der Waals surface area contributed by atoms with Crippen LogP contribution in [-0.2, 0) is 0 Å². The average Bonchev–Trinajstić information content (AvgIpc) is 2.83. The van der Waals surface area contributed by atoms with Crippen molar-refractivity contribution in [2.45, 2.75) is 13.8 Å². The number of hydrazone groups is 1. The zero-order chi connectivity index (χ0) is 24.8. The number of hydrogen-bond acceptors (Lipinski definition) is 10. The first kappa shape index (κ1) is 23.1. The Hall–Kier alpha value is -5.06. The van der Waals surface area contributed by atoms with Crippen LogP contribution in [0.1, 0.15) is 16.7 Å². The van der Waals surface area contributed by atoms with E-state index >= 15 is 0 Å². The van der Waals surface area contributed by atoms with Gasteiger partial charge in [-0.2, -0.15) is 20.1 Å². The molecule has 0 aliphatic carbocycles. The minimum atomic E-state index is -0.469. The lowest BCUT2D eigenvalue weighted by Gasteiger charge is -2.11. The highest BCUT2D eigenvalue weighted by atomic mass is 16.6. The van der Waals surface area contributed by atoms with Gasteiger partial charge in [0.25, 0.3) is 5.69 Å². The predicted molar refractivity (Wildman–Crippen MR) is 135 cm³/mol. The molecular weight excluding hydrogens is 448 g/mol. The lowest BCUT2D eigenvalue weighted by Crippen LogP contribution is -2.07. The zero-order valence-electron chi connectivity index (χ0n) is 18.9. The molecule has 11 heteroatoms. The summed E-state index contributed by atoms with van der Waals surface area (Å²) in [7, 11) is 0. The van der Waals surface area contributed by atoms with Gasteiger partial charge in [0.2, 0.25) is 17.8 Å². The summed E-state index contributed by atoms with van der Waals surface area (Å²) in [6.07, 6.45) is 1.44. The van der Waals surface area contributed by atoms with Crippen LogP contribution in [-0.4, -0.2) is 31.2 Å². The SMILES string of the molecule is Cc1ccc(Nc2nc(N/N=C/c3ccccc3O)nc(Nc3ccc([N+](=O)[O-])cc3)n2)cc1C. The third-order valence-corrected chi connectivity index (χ3v) is 5.04. The number of nitrogens with zero attached hydrogens (tertiary/aromatic N) is 5. The summed E-state index contributed by atoms with van der Waals surface area (Å²) >= 11 is 0. The number of para-hydroxylation sites is 1. The van der Waals surface area contributed by atoms with E-state index in [0.29, 0.717) is 11.3 Å². The molecule has 35 heavy (non-hydrogen) atoms. The maximum absolute atomic E-state index is 10.9. The number of non-ortho nitro benzene ring substituents is 1. The fourth-order valence-electron chi connectivity index (χ4n) is 3.04. The number of hydrogen-bond donors (Lipinski definition) is 4. The van der Waals surface area contributed by atoms with Gasteiger partial charge < -0.3 is 15.7 Å². The van der Waals surface area contributed by atoms with Crippen LogP contribution < -0.4 is 16.1 Å². The van der Waals surface area contributed by atoms with Crippen molar-refractivity contribution < 1.29 is 10.0 Å². The molecule has 0 aliphatic rings. The highest BCUT2D eigenvalue weighted by Gasteiger charge is 2.10. The van der Waals surface area contributed by atoms with Gasteiger partial charge in [0.05, 0.1) is 11.1 Å². The number of benzene rings is 3. The Morgan fingerprint density at radius 1 is 0.857 bits per heavy atom. The van der Waals surface area contributed by atoms with Crippen molar-refractivity contribution in [3.63, 3.8) is 0 Å². The number of phenolic OH excluding ortho intramolecular Hbond substituents is 1. The number of phenols is 1. The Morgan fingerprint density at radius 3 is 2.14 bits per heavy atom. The smallest absolute Gasteiger partial charge is 0.269 e. The first-order valence-electron chi connectivity index (χ1n) is 10.6. The largest absolute Gasteiger partial charge is 0.507 e. The zero-order valence-corrected chi connectivity index (χ0v) is 18.9. The summed E-state index contributed by atoms with van der Waals surface area (Å²) in [6.45, 7) is 4.04. The molecule has 0 saturated heterocycles. The molecular formula is C24H22N8O3. The number of aromatic hydroxyl groups is 1. The first-order chi connectivity index (χ1) is 16.9. The number of nitrogens with one attached hydrogen (secondary N) is 3. The summed E-state index contributed by atoms with van der Waals surface area (Å²) in [4.78, 5) is 23.5. The van der Waals surface area contributed by atoms with Crippen LogP contribution in [0.4, 0.5) is 34.9 Å². The van der Waals surface area contributed by atoms with E-state index in [1.165, 1.54) is 18.3 Å². The normalized spacial score (nSPS) is 10.8. The molecule has 0 aliphatic heterocycles. The molecule has 0 atom stereocenters. The summed E-state index contributed by atoms with van der Waals surface area (Å²) in [5, 5.41) is 31.1. The van der Waals surface area contributed by atoms with Gasteiger partial charge in [-0.25, -0.2) is 5.43 Å². The van der Waals surface area contributed by atoms with E-state index < -0.39 is 4.92 Å². The van der Waals surface area contributed by atoms with Gasteiger partial charge in [0.15, 0.2) is 0 Å². The molecule has 0 fully saturated rings. The predicted octanol–water partition coefficient (Wildman–Crippen LogP) is 5.04. The van der Waals surface area contributed by atoms with E-state index in [1.54, 1.807) is 36.4 Å². The van der Waals surface area contributed by atoms with Gasteiger partial charge in [0, 0.05) is 29.1 Å². The van der Waals surface area contributed by atoms with E-state index in [0.717, 1.165) is 16.8 Å². The van der Waals surface area contributed by atoms with E-state index in [2.05, 4.69) is 36.1 Å². The van der Waals surface area contributed by atoms with E-state index in [-0.39, 0.29) is 29.3 Å². The molecule has 0 spiro atoms. The standard InChI is InChI=1S/C24H22N8O3/c1-15-7-8-19(13-16(15)2)27-23-28-22(26-18-9-11-20(12-10-18)32(34)35)29-24(30-23)31-25-14-17-5-3-4-6-21(17)33/h3-14,33H,1-2H3,(H3,26,27,28,29,30,31)/b25-14+. The molecule has 0 saturated carbocycles. The third-order valence-electron chi connectivity index (χ3n) is 5.04. The Balaban J connectivity index is 1.60. The molecule has 1 heterocycles. The number of nitro groups is 1. The maximum atomic E-state index is 10.9. The summed E-state index contributed by atoms with van der Waals surface area (Å²) < 4.78 is 0. The minimum absolute atomic E-state index is 0.0239. The van der Waals surface area contributed by atoms with Gasteiger partial charge in [-0.1, -0.05) is 18.2 Å². The maximum Gasteiger partial charge on any atom is 0.269 e. The van der Waals surface area contributed by atoms with Gasteiger partial charge >= 0.3 is 0 Å². The number of rotatable bonds is 8. The van der Waals surface area contributed by atoms with Crippen LogP contribution in [0.2, 0.25) is 0 Å². The van der Waals surface area contributed by atoms with Crippen LogP contribution in [0.3, 0.4) is 0 Å². The second-order valence-corrected chi connectivity index (χ2v) is 7.59. The summed E-state index contributed by atoms with van der Waals surface area (Å²) in [6, 6.07) is 18.5. The fourth-order valence-corrected chi connectivity index (χ4v) is 3.04. The second kappa shape index (κ2) is 10.3. The first-order valence-corrected chi connectivity index (χ1v) is 10.6. The molecule has 3 aromatic carbocycles. The van der Waals surface area contributed by atoms with Crippen molar-refractivity contribution in [3.8, 4) is 5.75 Å². The van der Waals surface area contributed by atoms with E-state index in [1.807, 2.05) is 32.0 Å². The van der Waals surface area contributed by atoms with Crippen molar-refractivity contribution in [1.29, 1.82) is 0 Å². The molecule has 11 nitrogen and oxygen atoms in total. The van der Waals surface area contributed by atoms with Gasteiger partial charge in [0.1, 0.15) is 5.75 Å². The average molecular weight is 470 g/mol. The molecule has 176 valence electrons.